The Kier molecular flexibility index (Phi) is 17.4. The van der Waals surface area contributed by atoms with Gasteiger partial charge in [0.25, 0.3) is 11.8 Å². The molecular weight excluding hydrogens is 1150 g/mol. The van der Waals surface area contributed by atoms with Gasteiger partial charge in [0.05, 0.1) is 4.88 Å². The molecule has 5 fully saturated rings. The van der Waals surface area contributed by atoms with E-state index in [0.717, 1.165) is 58.7 Å². The molecule has 1 spiro atoms. The second-order valence-electron chi connectivity index (χ2n) is 25.0. The van der Waals surface area contributed by atoms with Crippen LogP contribution in [0.2, 0.25) is 0 Å². The minimum atomic E-state index is -5.87. The third-order valence-corrected chi connectivity index (χ3v) is 20.0. The van der Waals surface area contributed by atoms with Gasteiger partial charge >= 0.3 is 13.3 Å². The second-order valence-corrected chi connectivity index (χ2v) is 27.7. The summed E-state index contributed by atoms with van der Waals surface area (Å²) in [5.41, 5.74) is 3.85. The van der Waals surface area contributed by atoms with E-state index in [4.69, 9.17) is 5.73 Å². The Bertz CT molecular complexity index is 3430. The summed E-state index contributed by atoms with van der Waals surface area (Å²) in [6, 6.07) is 11.6. The third-order valence-electron chi connectivity index (χ3n) is 17.9. The number of amides is 9. The van der Waals surface area contributed by atoms with E-state index in [1.807, 2.05) is 42.2 Å². The molecule has 0 bridgehead atoms. The van der Waals surface area contributed by atoms with Crippen LogP contribution >= 0.6 is 18.9 Å². The van der Waals surface area contributed by atoms with Crippen molar-refractivity contribution in [3.8, 4) is 0 Å². The maximum atomic E-state index is 14.8. The summed E-state index contributed by atoms with van der Waals surface area (Å²) >= 11 is 0.930. The van der Waals surface area contributed by atoms with E-state index >= 15 is 0 Å². The van der Waals surface area contributed by atoms with Crippen molar-refractivity contribution in [3.05, 3.63) is 99.4 Å². The SMILES string of the molecule is CCN1CC[C@H]2CC[C@@H](C(=O)NC(CCC(N)=O)C(=O)NC(Cc3ccc(C(C)(C)C)cc3)C(=O)N3CC4(CC(CNc5cccc6c5CN(C5CCC(=O)NC5=O)C6=O)C4)C3)N2C(=O)[C@@H](NC(=O)c2cc3cc(C(F)(F)P(=O)(O)O)ccc3s2)C1. The Morgan fingerprint density at radius 3 is 2.30 bits per heavy atom. The van der Waals surface area contributed by atoms with Crippen molar-refractivity contribution in [1.29, 1.82) is 0 Å². The van der Waals surface area contributed by atoms with Crippen LogP contribution in [0.1, 0.15) is 128 Å². The number of anilines is 1. The summed E-state index contributed by atoms with van der Waals surface area (Å²) in [7, 11) is -5.87. The first kappa shape index (κ1) is 61.9. The lowest BCUT2D eigenvalue weighted by atomic mass is 9.57. The van der Waals surface area contributed by atoms with Gasteiger partial charge in [-0.1, -0.05) is 64.1 Å². The molecule has 1 aliphatic carbocycles. The van der Waals surface area contributed by atoms with Crippen LogP contribution in [-0.4, -0.2) is 158 Å². The van der Waals surface area contributed by atoms with Crippen LogP contribution in [0.5, 0.6) is 0 Å². The van der Waals surface area contributed by atoms with Crippen LogP contribution in [0.25, 0.3) is 10.1 Å². The van der Waals surface area contributed by atoms with Gasteiger partial charge in [-0.05, 0) is 110 Å². The normalized spacial score (nSPS) is 22.4. The van der Waals surface area contributed by atoms with Gasteiger partial charge in [-0.15, -0.1) is 11.3 Å². The molecule has 1 saturated carbocycles. The smallest absolute Gasteiger partial charge is 0.384 e. The lowest BCUT2D eigenvalue weighted by Crippen LogP contribution is -2.67. The molecule has 9 amide bonds. The Hall–Kier alpha value is -7.18. The second kappa shape index (κ2) is 24.2. The third kappa shape index (κ3) is 12.8. The van der Waals surface area contributed by atoms with E-state index in [2.05, 4.69) is 47.4 Å². The molecule has 86 heavy (non-hydrogen) atoms. The van der Waals surface area contributed by atoms with Crippen LogP contribution in [0, 0.1) is 11.3 Å². The minimum absolute atomic E-state index is 0.0369. The fraction of sp³-hybridized carbons (Fsp3) is 0.517. The van der Waals surface area contributed by atoms with Crippen molar-refractivity contribution in [3.63, 3.8) is 0 Å². The molecular formula is C60H73F2N10O12PS. The lowest BCUT2D eigenvalue weighted by Gasteiger charge is -2.59. The summed E-state index contributed by atoms with van der Waals surface area (Å²) < 4.78 is 41.3. The molecule has 6 aliphatic rings. The molecule has 4 aromatic rings. The molecule has 3 unspecified atom stereocenters. The van der Waals surface area contributed by atoms with Gasteiger partial charge in [0, 0.05) is 97.1 Å². The van der Waals surface area contributed by atoms with Crippen LogP contribution < -0.4 is 32.3 Å². The van der Waals surface area contributed by atoms with E-state index in [9.17, 15) is 66.3 Å². The predicted octanol–water partition coefficient (Wildman–Crippen LogP) is 4.20. The summed E-state index contributed by atoms with van der Waals surface area (Å²) in [5.74, 6) is -4.59. The molecule has 10 rings (SSSR count). The number of primary amides is 1. The number of likely N-dealkylation sites (tertiary alicyclic amines) is 1. The number of carbonyl (C=O) groups excluding carboxylic acids is 9. The number of piperidine rings is 1. The van der Waals surface area contributed by atoms with Crippen LogP contribution in [0.3, 0.4) is 0 Å². The molecule has 6 heterocycles. The topological polar surface area (TPSA) is 310 Å². The maximum Gasteiger partial charge on any atom is 0.399 e. The first-order valence-electron chi connectivity index (χ1n) is 29.2. The number of nitrogens with two attached hydrogens (primary N) is 1. The summed E-state index contributed by atoms with van der Waals surface area (Å²) in [6.07, 6.45) is 2.76. The van der Waals surface area contributed by atoms with Crippen LogP contribution in [0.4, 0.5) is 14.5 Å². The van der Waals surface area contributed by atoms with Crippen molar-refractivity contribution < 1.29 is 66.3 Å². The predicted molar refractivity (Wildman–Crippen MR) is 313 cm³/mol. The number of likely N-dealkylation sites (N-methyl/N-ethyl adjacent to an activating group) is 1. The number of nitrogens with zero attached hydrogens (tertiary/aromatic N) is 4. The molecule has 4 saturated heterocycles. The quantitative estimate of drug-likeness (QED) is 0.0482. The van der Waals surface area contributed by atoms with E-state index in [-0.39, 0.29) is 96.3 Å². The van der Waals surface area contributed by atoms with Crippen LogP contribution in [0.15, 0.2) is 66.7 Å². The van der Waals surface area contributed by atoms with Crippen LogP contribution in [-0.2, 0) is 62.2 Å². The van der Waals surface area contributed by atoms with E-state index in [0.29, 0.717) is 55.8 Å². The maximum absolute atomic E-state index is 14.8. The van der Waals surface area contributed by atoms with E-state index in [1.54, 1.807) is 17.0 Å². The van der Waals surface area contributed by atoms with Crippen molar-refractivity contribution >= 4 is 87.9 Å². The summed E-state index contributed by atoms with van der Waals surface area (Å²) in [4.78, 5) is 148. The first-order valence-corrected chi connectivity index (χ1v) is 31.7. The Labute approximate surface area is 499 Å². The lowest BCUT2D eigenvalue weighted by molar-refractivity contribution is -0.157. The Balaban J connectivity index is 0.804. The zero-order chi connectivity index (χ0) is 61.8. The number of fused-ring (bicyclic) bond motifs is 3. The van der Waals surface area contributed by atoms with Gasteiger partial charge in [-0.25, -0.2) is 0 Å². The number of benzene rings is 3. The molecule has 0 radical (unpaired) electrons. The van der Waals surface area contributed by atoms with Gasteiger partial charge in [-0.3, -0.25) is 53.0 Å². The van der Waals surface area contributed by atoms with Gasteiger partial charge in [-0.2, -0.15) is 8.78 Å². The van der Waals surface area contributed by atoms with Crippen molar-refractivity contribution in [2.24, 2.45) is 17.1 Å². The summed E-state index contributed by atoms with van der Waals surface area (Å²) in [6.45, 7) is 11.0. The molecule has 1 aromatic heterocycles. The Morgan fingerprint density at radius 1 is 0.907 bits per heavy atom. The zero-order valence-corrected chi connectivity index (χ0v) is 50.1. The summed E-state index contributed by atoms with van der Waals surface area (Å²) in [5, 5.41) is 14.5. The van der Waals surface area contributed by atoms with E-state index < -0.39 is 90.5 Å². The van der Waals surface area contributed by atoms with Gasteiger partial charge in [0.15, 0.2) is 0 Å². The number of hydrogen-bond acceptors (Lipinski definition) is 13. The highest BCUT2D eigenvalue weighted by Gasteiger charge is 2.55. The van der Waals surface area contributed by atoms with Crippen molar-refractivity contribution in [2.75, 3.05) is 44.6 Å². The molecule has 6 atom stereocenters. The highest BCUT2D eigenvalue weighted by molar-refractivity contribution is 7.52. The van der Waals surface area contributed by atoms with Gasteiger partial charge in [0.1, 0.15) is 30.2 Å². The monoisotopic (exact) mass is 1230 g/mol. The van der Waals surface area contributed by atoms with Crippen molar-refractivity contribution in [2.45, 2.75) is 146 Å². The standard InChI is InChI=1S/C60H73F2N10O12PS/c1-5-69-22-21-38-14-16-46(72(38)57(81)44(30-69)67-54(78)48-25-35-24-37(13-18-47(35)86-48)60(61,62)85(82,83)84)53(77)65-42(15-19-49(63)73)51(75)66-43(23-33-9-11-36(12-10-33)58(2,3)4)56(80)70-31-59(32-70)26-34(27-59)28-64-41-8-6-7-39-40(41)29-71(55(39)79)45-17-20-50(74)68-52(45)76/h6-13,18,24-25,34,38,42-46,64H,5,14-17,19-23,26-32H2,1-4H3,(H2,63,73)(H,65,77)(H,66,75)(H,67,78)(H,68,74,76)(H2,82,83,84)/t38-,42?,43?,44+,45?,46+/m1/s1. The first-order chi connectivity index (χ1) is 40.6. The Morgan fingerprint density at radius 2 is 1.63 bits per heavy atom. The highest BCUT2D eigenvalue weighted by Crippen LogP contribution is 2.59. The molecule has 3 aromatic carbocycles. The minimum Gasteiger partial charge on any atom is -0.384 e. The number of carbonyl (C=O) groups is 9. The molecule has 460 valence electrons. The molecule has 22 nitrogen and oxygen atoms in total. The number of alkyl halides is 2. The number of imide groups is 1. The fourth-order valence-electron chi connectivity index (χ4n) is 13.2. The fourth-order valence-corrected chi connectivity index (χ4v) is 14.6. The number of rotatable bonds is 19. The average Bonchev–Trinajstić information content (AvgIpc) is 1.13. The molecule has 9 N–H and O–H groups in total. The van der Waals surface area contributed by atoms with Crippen molar-refractivity contribution in [1.82, 2.24) is 40.9 Å². The zero-order valence-electron chi connectivity index (χ0n) is 48.4. The molecule has 5 aliphatic heterocycles. The number of thiophene rings is 1. The molecule has 26 heteroatoms. The van der Waals surface area contributed by atoms with Gasteiger partial charge < -0.3 is 56.4 Å². The highest BCUT2D eigenvalue weighted by atomic mass is 32.1. The van der Waals surface area contributed by atoms with Gasteiger partial charge in [0.2, 0.25) is 41.4 Å². The largest absolute Gasteiger partial charge is 0.399 e. The average molecular weight is 1230 g/mol. The number of nitrogens with one attached hydrogen (secondary N) is 5. The number of halogens is 2. The van der Waals surface area contributed by atoms with E-state index in [1.165, 1.54) is 21.9 Å². The number of hydrogen-bond donors (Lipinski definition) is 8.